The van der Waals surface area contributed by atoms with E-state index in [1.54, 1.807) is 17.9 Å². The van der Waals surface area contributed by atoms with E-state index in [-0.39, 0.29) is 5.84 Å². The molecule has 0 amide bonds. The van der Waals surface area contributed by atoms with E-state index in [0.29, 0.717) is 22.9 Å². The van der Waals surface area contributed by atoms with Crippen LogP contribution in [0.4, 0.5) is 0 Å². The van der Waals surface area contributed by atoms with Gasteiger partial charge in [0, 0.05) is 11.4 Å². The third kappa shape index (κ3) is 3.76. The van der Waals surface area contributed by atoms with E-state index < -0.39 is 0 Å². The summed E-state index contributed by atoms with van der Waals surface area (Å²) in [6, 6.07) is 11.1. The standard InChI is InChI=1S/C20H22N4O3/c1-12-6-9-17(18(10-12)26-5)27-20-16(8-7-13(2)21-20)19(23-25)24-15(4)11-14(3)22-24/h6-11,25H,1-5H3/b23-19-. The van der Waals surface area contributed by atoms with Gasteiger partial charge in [-0.25, -0.2) is 9.67 Å². The first-order valence-electron chi connectivity index (χ1n) is 8.49. The number of hydrogen-bond acceptors (Lipinski definition) is 6. The molecule has 0 unspecified atom stereocenters. The molecule has 3 rings (SSSR count). The molecule has 1 aromatic carbocycles. The molecule has 7 heteroatoms. The number of ether oxygens (including phenoxy) is 2. The molecule has 140 valence electrons. The Hall–Kier alpha value is -3.35. The smallest absolute Gasteiger partial charge is 0.230 e. The topological polar surface area (TPSA) is 81.8 Å². The molecule has 27 heavy (non-hydrogen) atoms. The Bertz CT molecular complexity index is 1010. The van der Waals surface area contributed by atoms with Crippen LogP contribution >= 0.6 is 0 Å². The quantitative estimate of drug-likeness (QED) is 0.327. The lowest BCUT2D eigenvalue weighted by Gasteiger charge is -2.15. The minimum Gasteiger partial charge on any atom is -0.493 e. The van der Waals surface area contributed by atoms with Crippen LogP contribution in [0.15, 0.2) is 41.6 Å². The van der Waals surface area contributed by atoms with Gasteiger partial charge in [-0.1, -0.05) is 11.2 Å². The minimum absolute atomic E-state index is 0.231. The van der Waals surface area contributed by atoms with Gasteiger partial charge in [-0.05, 0) is 63.6 Å². The van der Waals surface area contributed by atoms with Gasteiger partial charge in [-0.15, -0.1) is 0 Å². The highest BCUT2D eigenvalue weighted by Gasteiger charge is 2.19. The summed E-state index contributed by atoms with van der Waals surface area (Å²) in [5, 5.41) is 17.5. The number of benzene rings is 1. The van der Waals surface area contributed by atoms with Crippen LogP contribution in [0.2, 0.25) is 0 Å². The number of pyridine rings is 1. The lowest BCUT2D eigenvalue weighted by Crippen LogP contribution is -2.18. The molecule has 0 spiro atoms. The maximum atomic E-state index is 9.68. The number of nitrogens with zero attached hydrogens (tertiary/aromatic N) is 4. The molecule has 2 heterocycles. The van der Waals surface area contributed by atoms with E-state index in [4.69, 9.17) is 9.47 Å². The zero-order valence-corrected chi connectivity index (χ0v) is 16.0. The van der Waals surface area contributed by atoms with Gasteiger partial charge in [0.15, 0.2) is 11.5 Å². The maximum Gasteiger partial charge on any atom is 0.230 e. The van der Waals surface area contributed by atoms with Crippen LogP contribution in [0.25, 0.3) is 0 Å². The summed E-state index contributed by atoms with van der Waals surface area (Å²) < 4.78 is 13.0. The first kappa shape index (κ1) is 18.4. The van der Waals surface area contributed by atoms with Gasteiger partial charge in [0.05, 0.1) is 18.4 Å². The van der Waals surface area contributed by atoms with Crippen LogP contribution in [0.5, 0.6) is 17.4 Å². The van der Waals surface area contributed by atoms with Crippen LogP contribution < -0.4 is 9.47 Å². The van der Waals surface area contributed by atoms with Crippen molar-refractivity contribution in [2.24, 2.45) is 5.16 Å². The Morgan fingerprint density at radius 2 is 1.78 bits per heavy atom. The van der Waals surface area contributed by atoms with Gasteiger partial charge < -0.3 is 14.7 Å². The predicted molar refractivity (Wildman–Crippen MR) is 102 cm³/mol. The van der Waals surface area contributed by atoms with Crippen LogP contribution in [-0.4, -0.2) is 32.9 Å². The first-order valence-corrected chi connectivity index (χ1v) is 8.49. The summed E-state index contributed by atoms with van der Waals surface area (Å²) in [5.41, 5.74) is 3.98. The summed E-state index contributed by atoms with van der Waals surface area (Å²) in [6.45, 7) is 7.60. The zero-order valence-electron chi connectivity index (χ0n) is 16.0. The second-order valence-corrected chi connectivity index (χ2v) is 6.32. The van der Waals surface area contributed by atoms with Gasteiger partial charge in [0.25, 0.3) is 0 Å². The number of aryl methyl sites for hydroxylation is 4. The maximum absolute atomic E-state index is 9.68. The van der Waals surface area contributed by atoms with Crippen LogP contribution in [-0.2, 0) is 0 Å². The van der Waals surface area contributed by atoms with Crippen molar-refractivity contribution in [3.05, 3.63) is 64.6 Å². The highest BCUT2D eigenvalue weighted by Crippen LogP contribution is 2.33. The highest BCUT2D eigenvalue weighted by molar-refractivity contribution is 6.01. The van der Waals surface area contributed by atoms with Crippen molar-refractivity contribution >= 4 is 5.84 Å². The molecule has 0 aliphatic rings. The number of oxime groups is 1. The molecule has 0 radical (unpaired) electrons. The third-order valence-corrected chi connectivity index (χ3v) is 4.07. The second kappa shape index (κ2) is 7.49. The van der Waals surface area contributed by atoms with Crippen molar-refractivity contribution in [1.82, 2.24) is 14.8 Å². The molecular formula is C20H22N4O3. The van der Waals surface area contributed by atoms with Gasteiger partial charge in [-0.3, -0.25) is 0 Å². The van der Waals surface area contributed by atoms with Crippen molar-refractivity contribution < 1.29 is 14.7 Å². The normalized spacial score (nSPS) is 11.5. The summed E-state index contributed by atoms with van der Waals surface area (Å²) in [6.07, 6.45) is 0. The Kier molecular flexibility index (Phi) is 5.12. The Labute approximate surface area is 157 Å². The van der Waals surface area contributed by atoms with E-state index in [1.165, 1.54) is 0 Å². The zero-order chi connectivity index (χ0) is 19.6. The largest absolute Gasteiger partial charge is 0.493 e. The van der Waals surface area contributed by atoms with Gasteiger partial charge in [-0.2, -0.15) is 5.10 Å². The van der Waals surface area contributed by atoms with Gasteiger partial charge in [0.1, 0.15) is 0 Å². The highest BCUT2D eigenvalue weighted by atomic mass is 16.5. The van der Waals surface area contributed by atoms with Crippen molar-refractivity contribution in [3.8, 4) is 17.4 Å². The second-order valence-electron chi connectivity index (χ2n) is 6.32. The van der Waals surface area contributed by atoms with Gasteiger partial charge in [0.2, 0.25) is 11.7 Å². The summed E-state index contributed by atoms with van der Waals surface area (Å²) in [5.74, 6) is 1.65. The fraction of sp³-hybridized carbons (Fsp3) is 0.250. The summed E-state index contributed by atoms with van der Waals surface area (Å²) >= 11 is 0. The Morgan fingerprint density at radius 3 is 2.41 bits per heavy atom. The van der Waals surface area contributed by atoms with Crippen molar-refractivity contribution in [2.75, 3.05) is 7.11 Å². The summed E-state index contributed by atoms with van der Waals surface area (Å²) in [4.78, 5) is 4.49. The number of methoxy groups -OCH3 is 1. The molecule has 0 saturated carbocycles. The molecule has 7 nitrogen and oxygen atoms in total. The van der Waals surface area contributed by atoms with Crippen molar-refractivity contribution in [1.29, 1.82) is 0 Å². The number of rotatable bonds is 4. The van der Waals surface area contributed by atoms with E-state index in [0.717, 1.165) is 22.6 Å². The molecule has 3 aromatic rings. The van der Waals surface area contributed by atoms with Crippen molar-refractivity contribution in [2.45, 2.75) is 27.7 Å². The lowest BCUT2D eigenvalue weighted by molar-refractivity contribution is 0.316. The molecule has 0 aliphatic carbocycles. The average Bonchev–Trinajstić information content (AvgIpc) is 2.97. The Balaban J connectivity index is 2.10. The molecule has 0 bridgehead atoms. The molecular weight excluding hydrogens is 344 g/mol. The summed E-state index contributed by atoms with van der Waals surface area (Å²) in [7, 11) is 1.59. The van der Waals surface area contributed by atoms with E-state index >= 15 is 0 Å². The molecule has 0 aliphatic heterocycles. The minimum atomic E-state index is 0.231. The monoisotopic (exact) mass is 366 g/mol. The lowest BCUT2D eigenvalue weighted by atomic mass is 10.2. The number of aromatic nitrogens is 3. The van der Waals surface area contributed by atoms with E-state index in [1.807, 2.05) is 58.0 Å². The Morgan fingerprint density at radius 1 is 1.00 bits per heavy atom. The molecule has 1 N–H and O–H groups in total. The fourth-order valence-corrected chi connectivity index (χ4v) is 2.80. The number of hydrogen-bond donors (Lipinski definition) is 1. The van der Waals surface area contributed by atoms with E-state index in [2.05, 4.69) is 15.2 Å². The fourth-order valence-electron chi connectivity index (χ4n) is 2.80. The van der Waals surface area contributed by atoms with Gasteiger partial charge >= 0.3 is 0 Å². The van der Waals surface area contributed by atoms with Crippen molar-refractivity contribution in [3.63, 3.8) is 0 Å². The molecule has 0 atom stereocenters. The average molecular weight is 366 g/mol. The third-order valence-electron chi connectivity index (χ3n) is 4.07. The van der Waals surface area contributed by atoms with Crippen LogP contribution in [0, 0.1) is 27.7 Å². The first-order chi connectivity index (χ1) is 12.9. The molecule has 0 fully saturated rings. The van der Waals surface area contributed by atoms with Crippen LogP contribution in [0.3, 0.4) is 0 Å². The molecule has 0 saturated heterocycles. The predicted octanol–water partition coefficient (Wildman–Crippen LogP) is 4.00. The SMILES string of the molecule is COc1cc(C)ccc1Oc1nc(C)ccc1/C(=N/O)n1nc(C)cc1C. The van der Waals surface area contributed by atoms with Crippen LogP contribution in [0.1, 0.15) is 28.2 Å². The molecule has 2 aromatic heterocycles. The van der Waals surface area contributed by atoms with E-state index in [9.17, 15) is 5.21 Å².